The molecule has 2 fully saturated rings. The second-order valence-electron chi connectivity index (χ2n) is 9.13. The molecule has 0 unspecified atom stereocenters. The first-order valence-electron chi connectivity index (χ1n) is 12.7. The Morgan fingerprint density at radius 1 is 1.23 bits per heavy atom. The Labute approximate surface area is 229 Å². The fraction of sp³-hybridized carbons (Fsp3) is 0.346. The first-order chi connectivity index (χ1) is 19.0. The largest absolute Gasteiger partial charge is 0.462 e. The van der Waals surface area contributed by atoms with Crippen LogP contribution in [0.25, 0.3) is 17.5 Å². The third-order valence-electron chi connectivity index (χ3n) is 6.44. The molecule has 0 aromatic carbocycles. The summed E-state index contributed by atoms with van der Waals surface area (Å²) in [5.74, 6) is 0.281. The van der Waals surface area contributed by atoms with Crippen molar-refractivity contribution in [2.45, 2.75) is 26.3 Å². The van der Waals surface area contributed by atoms with Crippen molar-refractivity contribution in [2.24, 2.45) is 5.92 Å². The first kappa shape index (κ1) is 26.5. The minimum Gasteiger partial charge on any atom is -0.462 e. The van der Waals surface area contributed by atoms with E-state index in [1.165, 1.54) is 0 Å². The van der Waals surface area contributed by atoms with Gasteiger partial charge in [-0.15, -0.1) is 0 Å². The van der Waals surface area contributed by atoms with Gasteiger partial charge < -0.3 is 15.0 Å². The number of hydrogen-bond acceptors (Lipinski definition) is 11. The number of amides is 2. The number of carbonyl (C=O) groups excluding carboxylic acids is 3. The fourth-order valence-electron chi connectivity index (χ4n) is 4.48. The summed E-state index contributed by atoms with van der Waals surface area (Å²) in [5.41, 5.74) is 3.07. The molecule has 3 N–H and O–H groups in total. The Hall–Kier alpha value is -4.10. The zero-order chi connectivity index (χ0) is 27.2. The molecule has 39 heavy (non-hydrogen) atoms. The molecule has 5 heterocycles. The summed E-state index contributed by atoms with van der Waals surface area (Å²) in [4.78, 5) is 51.7. The molecule has 5 rings (SSSR count). The number of esters is 1. The molecule has 2 amide bonds. The highest BCUT2D eigenvalue weighted by atomic mass is 32.2. The predicted molar refractivity (Wildman–Crippen MR) is 146 cm³/mol. The van der Waals surface area contributed by atoms with Crippen LogP contribution in [0.5, 0.6) is 0 Å². The molecule has 2 aliphatic rings. The van der Waals surface area contributed by atoms with Crippen LogP contribution in [-0.2, 0) is 16.1 Å². The van der Waals surface area contributed by atoms with E-state index in [4.69, 9.17) is 4.74 Å². The standard InChI is InChI=1S/C26H28N8O4S/c1-2-38-24(36)19-11-17(15-29-22(19)20-4-8-30-33-20)14-27-13-16-5-9-34(10-6-16)25-28-7-3-18(31-25)12-21-23(35)32-26(37)39-21/h3-4,7-8,11-12,15-16,27H,2,5-6,9-10,13-14H2,1H3,(H,30,33)(H,32,35,37)/b21-12-. The van der Waals surface area contributed by atoms with Crippen LogP contribution in [0, 0.1) is 5.92 Å². The van der Waals surface area contributed by atoms with Crippen molar-refractivity contribution in [1.82, 2.24) is 35.8 Å². The lowest BCUT2D eigenvalue weighted by atomic mass is 9.97. The average molecular weight is 549 g/mol. The number of rotatable bonds is 9. The Balaban J connectivity index is 1.14. The van der Waals surface area contributed by atoms with Crippen LogP contribution < -0.4 is 15.5 Å². The number of anilines is 1. The van der Waals surface area contributed by atoms with Crippen LogP contribution in [0.15, 0.2) is 41.7 Å². The number of piperidine rings is 1. The van der Waals surface area contributed by atoms with Crippen LogP contribution in [0.1, 0.15) is 41.4 Å². The van der Waals surface area contributed by atoms with Gasteiger partial charge in [-0.3, -0.25) is 25.0 Å². The maximum absolute atomic E-state index is 12.5. The molecule has 2 aliphatic heterocycles. The lowest BCUT2D eigenvalue weighted by Crippen LogP contribution is -2.38. The number of pyridine rings is 1. The normalized spacial score (nSPS) is 17.1. The summed E-state index contributed by atoms with van der Waals surface area (Å²) < 4.78 is 5.23. The number of nitrogens with zero attached hydrogens (tertiary/aromatic N) is 5. The van der Waals surface area contributed by atoms with Crippen molar-refractivity contribution in [1.29, 1.82) is 0 Å². The minimum atomic E-state index is -0.412. The maximum atomic E-state index is 12.5. The van der Waals surface area contributed by atoms with E-state index in [0.29, 0.717) is 46.0 Å². The van der Waals surface area contributed by atoms with Crippen molar-refractivity contribution in [2.75, 3.05) is 31.1 Å². The third kappa shape index (κ3) is 6.49. The quantitative estimate of drug-likeness (QED) is 0.267. The maximum Gasteiger partial charge on any atom is 0.340 e. The topological polar surface area (TPSA) is 155 Å². The zero-order valence-corrected chi connectivity index (χ0v) is 22.2. The Morgan fingerprint density at radius 2 is 2.08 bits per heavy atom. The molecule has 0 saturated carbocycles. The van der Waals surface area contributed by atoms with Crippen molar-refractivity contribution in [3.63, 3.8) is 0 Å². The zero-order valence-electron chi connectivity index (χ0n) is 21.3. The highest BCUT2D eigenvalue weighted by molar-refractivity contribution is 8.18. The van der Waals surface area contributed by atoms with E-state index in [1.54, 1.807) is 43.7 Å². The molecule has 0 aliphatic carbocycles. The van der Waals surface area contributed by atoms with Crippen LogP contribution in [-0.4, -0.2) is 68.5 Å². The van der Waals surface area contributed by atoms with Gasteiger partial charge in [0.25, 0.3) is 11.1 Å². The summed E-state index contributed by atoms with van der Waals surface area (Å²) in [7, 11) is 0. The number of carbonyl (C=O) groups is 3. The van der Waals surface area contributed by atoms with Crippen molar-refractivity contribution < 1.29 is 19.1 Å². The van der Waals surface area contributed by atoms with E-state index in [1.807, 2.05) is 6.07 Å². The van der Waals surface area contributed by atoms with Gasteiger partial charge in [0.1, 0.15) is 5.69 Å². The third-order valence-corrected chi connectivity index (χ3v) is 7.25. The van der Waals surface area contributed by atoms with Gasteiger partial charge in [-0.1, -0.05) is 0 Å². The lowest BCUT2D eigenvalue weighted by Gasteiger charge is -2.32. The van der Waals surface area contributed by atoms with Gasteiger partial charge >= 0.3 is 5.97 Å². The number of ether oxygens (including phenoxy) is 1. The van der Waals surface area contributed by atoms with Gasteiger partial charge in [-0.05, 0) is 73.8 Å². The van der Waals surface area contributed by atoms with Gasteiger partial charge in [0.2, 0.25) is 5.95 Å². The summed E-state index contributed by atoms with van der Waals surface area (Å²) in [6, 6.07) is 5.30. The highest BCUT2D eigenvalue weighted by Gasteiger charge is 2.26. The molecule has 0 spiro atoms. The van der Waals surface area contributed by atoms with Crippen LogP contribution in [0.2, 0.25) is 0 Å². The summed E-state index contributed by atoms with van der Waals surface area (Å²) in [6.07, 6.45) is 8.59. The second kappa shape index (κ2) is 12.2. The fourth-order valence-corrected chi connectivity index (χ4v) is 5.15. The second-order valence-corrected chi connectivity index (χ2v) is 10.1. The van der Waals surface area contributed by atoms with Crippen molar-refractivity contribution in [3.8, 4) is 11.4 Å². The Bertz CT molecular complexity index is 1390. The number of H-pyrrole nitrogens is 1. The van der Waals surface area contributed by atoms with Crippen LogP contribution >= 0.6 is 11.8 Å². The highest BCUT2D eigenvalue weighted by Crippen LogP contribution is 2.26. The Kier molecular flexibility index (Phi) is 8.27. The molecule has 202 valence electrons. The Morgan fingerprint density at radius 3 is 2.79 bits per heavy atom. The van der Waals surface area contributed by atoms with Gasteiger partial charge in [0.15, 0.2) is 0 Å². The molecule has 13 heteroatoms. The van der Waals surface area contributed by atoms with Gasteiger partial charge in [-0.25, -0.2) is 14.8 Å². The number of hydrogen-bond donors (Lipinski definition) is 3. The number of thioether (sulfide) groups is 1. The molecule has 0 radical (unpaired) electrons. The van der Waals surface area contributed by atoms with E-state index in [9.17, 15) is 14.4 Å². The minimum absolute atomic E-state index is 0.284. The average Bonchev–Trinajstić information content (AvgIpc) is 3.59. The van der Waals surface area contributed by atoms with E-state index < -0.39 is 11.9 Å². The lowest BCUT2D eigenvalue weighted by molar-refractivity contribution is -0.115. The molecule has 3 aromatic rings. The molecular formula is C26H28N8O4S. The number of imide groups is 1. The van der Waals surface area contributed by atoms with Gasteiger partial charge in [-0.2, -0.15) is 5.10 Å². The number of nitrogens with one attached hydrogen (secondary N) is 3. The van der Waals surface area contributed by atoms with E-state index in [0.717, 1.165) is 49.8 Å². The summed E-state index contributed by atoms with van der Waals surface area (Å²) in [6.45, 7) is 5.10. The number of aromatic amines is 1. The molecule has 2 saturated heterocycles. The van der Waals surface area contributed by atoms with Crippen molar-refractivity contribution >= 4 is 40.9 Å². The summed E-state index contributed by atoms with van der Waals surface area (Å²) in [5, 5.41) is 12.2. The number of aromatic nitrogens is 5. The van der Waals surface area contributed by atoms with Gasteiger partial charge in [0, 0.05) is 38.2 Å². The SMILES string of the molecule is CCOC(=O)c1cc(CNCC2CCN(c3nccc(/C=C4\SC(=O)NC4=O)n3)CC2)cnc1-c1ccn[nH]1. The van der Waals surface area contributed by atoms with E-state index >= 15 is 0 Å². The monoisotopic (exact) mass is 548 g/mol. The van der Waals surface area contributed by atoms with Crippen molar-refractivity contribution in [3.05, 3.63) is 58.5 Å². The van der Waals surface area contributed by atoms with Crippen LogP contribution in [0.3, 0.4) is 0 Å². The van der Waals surface area contributed by atoms with E-state index in [-0.39, 0.29) is 11.8 Å². The first-order valence-corrected chi connectivity index (χ1v) is 13.5. The molecular weight excluding hydrogens is 520 g/mol. The molecule has 0 atom stereocenters. The van der Waals surface area contributed by atoms with E-state index in [2.05, 4.69) is 40.7 Å². The smallest absolute Gasteiger partial charge is 0.340 e. The van der Waals surface area contributed by atoms with Crippen LogP contribution in [0.4, 0.5) is 10.7 Å². The predicted octanol–water partition coefficient (Wildman–Crippen LogP) is 2.77. The molecule has 0 bridgehead atoms. The summed E-state index contributed by atoms with van der Waals surface area (Å²) >= 11 is 0.870. The molecule has 3 aromatic heterocycles. The van der Waals surface area contributed by atoms with Gasteiger partial charge in [0.05, 0.1) is 28.5 Å². The molecule has 12 nitrogen and oxygen atoms in total.